The molecule has 0 radical (unpaired) electrons. The summed E-state index contributed by atoms with van der Waals surface area (Å²) < 4.78 is 11.3. The Morgan fingerprint density at radius 1 is 1.12 bits per heavy atom. The van der Waals surface area contributed by atoms with E-state index in [-0.39, 0.29) is 29.6 Å². The average molecular weight is 606 g/mol. The molecular weight excluding hydrogens is 570 g/mol. The van der Waals surface area contributed by atoms with Gasteiger partial charge in [0.25, 0.3) is 11.9 Å². The van der Waals surface area contributed by atoms with Gasteiger partial charge in [0.05, 0.1) is 36.0 Å². The molecule has 5 rings (SSSR count). The van der Waals surface area contributed by atoms with Gasteiger partial charge in [-0.05, 0) is 45.7 Å². The van der Waals surface area contributed by atoms with E-state index in [4.69, 9.17) is 14.4 Å². The second kappa shape index (κ2) is 12.8. The molecule has 1 atom stereocenters. The van der Waals surface area contributed by atoms with Crippen LogP contribution < -0.4 is 10.2 Å². The van der Waals surface area contributed by atoms with Gasteiger partial charge in [-0.2, -0.15) is 5.26 Å². The van der Waals surface area contributed by atoms with Crippen LogP contribution >= 0.6 is 11.3 Å². The summed E-state index contributed by atoms with van der Waals surface area (Å²) >= 11 is 1.46. The number of aromatic nitrogens is 2. The predicted molar refractivity (Wildman–Crippen MR) is 159 cm³/mol. The van der Waals surface area contributed by atoms with Crippen molar-refractivity contribution in [1.29, 1.82) is 5.26 Å². The molecule has 3 aromatic rings. The molecule has 2 fully saturated rings. The molecule has 1 N–H and O–H groups in total. The molecular formula is C30H35N7O5S. The van der Waals surface area contributed by atoms with Crippen molar-refractivity contribution in [3.63, 3.8) is 0 Å². The molecule has 0 unspecified atom stereocenters. The van der Waals surface area contributed by atoms with Crippen LogP contribution in [0.4, 0.5) is 10.8 Å². The van der Waals surface area contributed by atoms with Crippen molar-refractivity contribution in [2.24, 2.45) is 5.92 Å². The minimum atomic E-state index is -0.556. The zero-order valence-electron chi connectivity index (χ0n) is 24.5. The second-order valence-corrected chi connectivity index (χ2v) is 12.5. The first-order valence-electron chi connectivity index (χ1n) is 14.3. The molecule has 226 valence electrons. The van der Waals surface area contributed by atoms with E-state index in [1.807, 2.05) is 43.2 Å². The van der Waals surface area contributed by atoms with E-state index in [2.05, 4.69) is 21.4 Å². The van der Waals surface area contributed by atoms with Gasteiger partial charge in [-0.1, -0.05) is 12.1 Å². The van der Waals surface area contributed by atoms with E-state index in [1.165, 1.54) is 17.5 Å². The molecule has 1 aromatic carbocycles. The Kier molecular flexibility index (Phi) is 8.96. The molecule has 0 saturated carbocycles. The fraction of sp³-hybridized carbons (Fsp3) is 0.467. The Balaban J connectivity index is 1.11. The SMILES string of the molecule is CC(C)(C)OC(=O)N1CCN(c2ncc(C(=O)N3CCC[C@H](C(=O)NCc4nc(-c5ccc(C#N)cc5)cs4)C3)o2)CC1. The van der Waals surface area contributed by atoms with Gasteiger partial charge in [0.15, 0.2) is 0 Å². The molecule has 0 spiro atoms. The van der Waals surface area contributed by atoms with Gasteiger partial charge in [-0.3, -0.25) is 9.59 Å². The zero-order chi connectivity index (χ0) is 30.6. The number of likely N-dealkylation sites (tertiary alicyclic amines) is 1. The third kappa shape index (κ3) is 7.50. The smallest absolute Gasteiger partial charge is 0.410 e. The average Bonchev–Trinajstić information content (AvgIpc) is 3.70. The Morgan fingerprint density at radius 2 is 1.86 bits per heavy atom. The van der Waals surface area contributed by atoms with Crippen LogP contribution in [0.1, 0.15) is 54.7 Å². The number of thiazole rings is 1. The first kappa shape index (κ1) is 30.0. The first-order valence-corrected chi connectivity index (χ1v) is 15.2. The van der Waals surface area contributed by atoms with E-state index in [0.29, 0.717) is 70.2 Å². The normalized spacial score (nSPS) is 17.3. The van der Waals surface area contributed by atoms with Crippen molar-refractivity contribution in [2.75, 3.05) is 44.2 Å². The lowest BCUT2D eigenvalue weighted by Crippen LogP contribution is -2.50. The predicted octanol–water partition coefficient (Wildman–Crippen LogP) is 3.90. The number of piperazine rings is 1. The van der Waals surface area contributed by atoms with Crippen molar-refractivity contribution >= 4 is 35.3 Å². The summed E-state index contributed by atoms with van der Waals surface area (Å²) in [7, 11) is 0. The molecule has 43 heavy (non-hydrogen) atoms. The van der Waals surface area contributed by atoms with E-state index in [1.54, 1.807) is 21.9 Å². The molecule has 2 aliphatic heterocycles. The highest BCUT2D eigenvalue weighted by Gasteiger charge is 2.32. The van der Waals surface area contributed by atoms with Gasteiger partial charge in [-0.25, -0.2) is 14.8 Å². The lowest BCUT2D eigenvalue weighted by molar-refractivity contribution is -0.126. The minimum Gasteiger partial charge on any atom is -0.444 e. The van der Waals surface area contributed by atoms with Crippen LogP contribution in [0.2, 0.25) is 0 Å². The number of anilines is 1. The molecule has 2 saturated heterocycles. The Bertz CT molecular complexity index is 1500. The van der Waals surface area contributed by atoms with Crippen molar-refractivity contribution in [3.05, 3.63) is 52.2 Å². The van der Waals surface area contributed by atoms with E-state index >= 15 is 0 Å². The minimum absolute atomic E-state index is 0.117. The summed E-state index contributed by atoms with van der Waals surface area (Å²) in [6.45, 7) is 8.57. The Hall–Kier alpha value is -4.44. The van der Waals surface area contributed by atoms with Crippen LogP contribution in [0.5, 0.6) is 0 Å². The lowest BCUT2D eigenvalue weighted by atomic mass is 9.97. The number of carbonyl (C=O) groups is 3. The molecule has 2 aliphatic rings. The van der Waals surface area contributed by atoms with Crippen molar-refractivity contribution in [1.82, 2.24) is 25.1 Å². The molecule has 0 aliphatic carbocycles. The number of ether oxygens (including phenoxy) is 1. The topological polar surface area (TPSA) is 145 Å². The summed E-state index contributed by atoms with van der Waals surface area (Å²) in [6.07, 6.45) is 2.47. The van der Waals surface area contributed by atoms with Crippen LogP contribution in [0, 0.1) is 17.2 Å². The number of oxazole rings is 1. The summed E-state index contributed by atoms with van der Waals surface area (Å²) in [6, 6.07) is 9.65. The van der Waals surface area contributed by atoms with Crippen molar-refractivity contribution in [3.8, 4) is 17.3 Å². The van der Waals surface area contributed by atoms with Crippen LogP contribution in [0.3, 0.4) is 0 Å². The van der Waals surface area contributed by atoms with Gasteiger partial charge in [-0.15, -0.1) is 11.3 Å². The van der Waals surface area contributed by atoms with E-state index < -0.39 is 5.60 Å². The maximum Gasteiger partial charge on any atom is 0.410 e. The van der Waals surface area contributed by atoms with Gasteiger partial charge in [0.1, 0.15) is 10.6 Å². The van der Waals surface area contributed by atoms with Gasteiger partial charge in [0.2, 0.25) is 11.7 Å². The number of rotatable bonds is 6. The molecule has 12 nitrogen and oxygen atoms in total. The van der Waals surface area contributed by atoms with Crippen LogP contribution in [-0.4, -0.2) is 82.5 Å². The number of nitrogens with zero attached hydrogens (tertiary/aromatic N) is 6. The number of hydrogen-bond donors (Lipinski definition) is 1. The van der Waals surface area contributed by atoms with Crippen molar-refractivity contribution < 1.29 is 23.5 Å². The van der Waals surface area contributed by atoms with Gasteiger partial charge in [0, 0.05) is 50.2 Å². The Labute approximate surface area is 254 Å². The standard InChI is InChI=1S/C30H35N7O5S/c1-30(2,3)42-29(40)36-13-11-35(12-14-36)28-33-16-24(41-28)27(39)37-10-4-5-22(18-37)26(38)32-17-25-34-23(19-43-25)21-8-6-20(15-31)7-9-21/h6-9,16,19,22H,4-5,10-14,17-18H2,1-3H3,(H,32,38)/t22-/m0/s1. The van der Waals surface area contributed by atoms with E-state index in [0.717, 1.165) is 16.3 Å². The van der Waals surface area contributed by atoms with Gasteiger partial charge < -0.3 is 29.2 Å². The maximum absolute atomic E-state index is 13.2. The van der Waals surface area contributed by atoms with Crippen LogP contribution in [0.15, 0.2) is 40.3 Å². The maximum atomic E-state index is 13.2. The summed E-state index contributed by atoms with van der Waals surface area (Å²) in [5.41, 5.74) is 1.74. The van der Waals surface area contributed by atoms with Crippen LogP contribution in [-0.2, 0) is 16.1 Å². The fourth-order valence-corrected chi connectivity index (χ4v) is 5.74. The molecule has 4 heterocycles. The van der Waals surface area contributed by atoms with Gasteiger partial charge >= 0.3 is 6.09 Å². The highest BCUT2D eigenvalue weighted by molar-refractivity contribution is 7.09. The summed E-state index contributed by atoms with van der Waals surface area (Å²) in [4.78, 5) is 52.7. The zero-order valence-corrected chi connectivity index (χ0v) is 25.4. The number of amides is 3. The molecule has 13 heteroatoms. The third-order valence-corrected chi connectivity index (χ3v) is 8.11. The number of hydrogen-bond acceptors (Lipinski definition) is 10. The highest BCUT2D eigenvalue weighted by atomic mass is 32.1. The quantitative estimate of drug-likeness (QED) is 0.442. The first-order chi connectivity index (χ1) is 20.6. The lowest BCUT2D eigenvalue weighted by Gasteiger charge is -2.34. The highest BCUT2D eigenvalue weighted by Crippen LogP contribution is 2.24. The number of piperidine rings is 1. The van der Waals surface area contributed by atoms with Crippen LogP contribution in [0.25, 0.3) is 11.3 Å². The number of nitriles is 1. The molecule has 2 aromatic heterocycles. The summed E-state index contributed by atoms with van der Waals surface area (Å²) in [5, 5.41) is 14.7. The fourth-order valence-electron chi connectivity index (χ4n) is 5.00. The van der Waals surface area contributed by atoms with E-state index in [9.17, 15) is 14.4 Å². The second-order valence-electron chi connectivity index (χ2n) is 11.6. The largest absolute Gasteiger partial charge is 0.444 e. The molecule has 3 amide bonds. The molecule has 0 bridgehead atoms. The Morgan fingerprint density at radius 3 is 2.56 bits per heavy atom. The number of nitrogens with one attached hydrogen (secondary N) is 1. The van der Waals surface area contributed by atoms with Crippen molar-refractivity contribution in [2.45, 2.75) is 45.8 Å². The monoisotopic (exact) mass is 605 g/mol. The summed E-state index contributed by atoms with van der Waals surface area (Å²) in [5.74, 6) is -0.618. The number of benzene rings is 1. The third-order valence-electron chi connectivity index (χ3n) is 7.26. The number of carbonyl (C=O) groups excluding carboxylic acids is 3.